The Bertz CT molecular complexity index is 632. The highest BCUT2D eigenvalue weighted by Gasteiger charge is 2.31. The highest BCUT2D eigenvalue weighted by molar-refractivity contribution is 5.80. The van der Waals surface area contributed by atoms with Crippen LogP contribution in [0.2, 0.25) is 0 Å². The number of benzene rings is 1. The maximum atomic E-state index is 11.8. The summed E-state index contributed by atoms with van der Waals surface area (Å²) in [5, 5.41) is 0. The molecule has 1 aromatic heterocycles. The van der Waals surface area contributed by atoms with Crippen molar-refractivity contribution in [1.82, 2.24) is 14.5 Å². The number of carbonyl (C=O) groups is 1. The number of imidazole rings is 1. The molecule has 20 heavy (non-hydrogen) atoms. The van der Waals surface area contributed by atoms with Crippen molar-refractivity contribution >= 4 is 16.9 Å². The first-order valence-corrected chi connectivity index (χ1v) is 7.40. The molecule has 4 nitrogen and oxygen atoms in total. The Morgan fingerprint density at radius 3 is 2.85 bits per heavy atom. The third kappa shape index (κ3) is 2.19. The molecule has 0 radical (unpaired) electrons. The summed E-state index contributed by atoms with van der Waals surface area (Å²) < 4.78 is 2.32. The molecule has 0 N–H and O–H groups in total. The van der Waals surface area contributed by atoms with Gasteiger partial charge in [-0.3, -0.25) is 4.79 Å². The Morgan fingerprint density at radius 2 is 2.15 bits per heavy atom. The van der Waals surface area contributed by atoms with E-state index in [0.29, 0.717) is 6.42 Å². The van der Waals surface area contributed by atoms with E-state index in [2.05, 4.69) is 29.7 Å². The normalized spacial score (nSPS) is 19.2. The van der Waals surface area contributed by atoms with Gasteiger partial charge in [-0.25, -0.2) is 4.98 Å². The van der Waals surface area contributed by atoms with Gasteiger partial charge in [-0.2, -0.15) is 0 Å². The summed E-state index contributed by atoms with van der Waals surface area (Å²) in [4.78, 5) is 18.4. The van der Waals surface area contributed by atoms with Crippen LogP contribution in [0.1, 0.15) is 37.9 Å². The fourth-order valence-corrected chi connectivity index (χ4v) is 2.99. The third-order valence-corrected chi connectivity index (χ3v) is 4.13. The van der Waals surface area contributed by atoms with E-state index in [-0.39, 0.29) is 11.8 Å². The molecule has 1 aliphatic rings. The van der Waals surface area contributed by atoms with Gasteiger partial charge in [0.15, 0.2) is 0 Å². The average Bonchev–Trinajstić information content (AvgIpc) is 2.98. The van der Waals surface area contributed by atoms with E-state index in [4.69, 9.17) is 4.98 Å². The first kappa shape index (κ1) is 13.2. The van der Waals surface area contributed by atoms with Crippen LogP contribution >= 0.6 is 0 Å². The molecule has 1 unspecified atom stereocenters. The Hall–Kier alpha value is -1.84. The lowest BCUT2D eigenvalue weighted by Gasteiger charge is -2.13. The standard InChI is InChI=1S/C16H21N3O/c1-3-4-9-19-14-8-6-5-7-13(14)17-16(19)12-10-15(20)18(2)11-12/h5-8,12H,3-4,9-11H2,1-2H3. The zero-order chi connectivity index (χ0) is 14.1. The Morgan fingerprint density at radius 1 is 1.35 bits per heavy atom. The quantitative estimate of drug-likeness (QED) is 0.857. The van der Waals surface area contributed by atoms with Crippen LogP contribution in [0.5, 0.6) is 0 Å². The van der Waals surface area contributed by atoms with Gasteiger partial charge in [-0.15, -0.1) is 0 Å². The van der Waals surface area contributed by atoms with Crippen LogP contribution in [-0.4, -0.2) is 34.0 Å². The minimum Gasteiger partial charge on any atom is -0.345 e. The van der Waals surface area contributed by atoms with Gasteiger partial charge in [0, 0.05) is 32.5 Å². The number of aromatic nitrogens is 2. The lowest BCUT2D eigenvalue weighted by Crippen LogP contribution is -2.19. The largest absolute Gasteiger partial charge is 0.345 e. The number of unbranched alkanes of at least 4 members (excludes halogenated alkanes) is 1. The van der Waals surface area contributed by atoms with Crippen molar-refractivity contribution in [2.24, 2.45) is 0 Å². The Labute approximate surface area is 119 Å². The number of aryl methyl sites for hydroxylation is 1. The number of likely N-dealkylation sites (tertiary alicyclic amines) is 1. The van der Waals surface area contributed by atoms with Crippen molar-refractivity contribution in [3.8, 4) is 0 Å². The fourth-order valence-electron chi connectivity index (χ4n) is 2.99. The van der Waals surface area contributed by atoms with E-state index in [1.807, 2.05) is 18.0 Å². The molecule has 2 aromatic rings. The molecule has 0 saturated carbocycles. The molecule has 1 saturated heterocycles. The summed E-state index contributed by atoms with van der Waals surface area (Å²) >= 11 is 0. The van der Waals surface area contributed by atoms with Crippen molar-refractivity contribution < 1.29 is 4.79 Å². The second kappa shape index (κ2) is 5.27. The number of amides is 1. The summed E-state index contributed by atoms with van der Waals surface area (Å²) in [6.07, 6.45) is 2.89. The van der Waals surface area contributed by atoms with Crippen LogP contribution < -0.4 is 0 Å². The first-order valence-electron chi connectivity index (χ1n) is 7.40. The molecule has 0 spiro atoms. The maximum absolute atomic E-state index is 11.8. The number of para-hydroxylation sites is 2. The summed E-state index contributed by atoms with van der Waals surface area (Å²) in [6.45, 7) is 3.97. The lowest BCUT2D eigenvalue weighted by atomic mass is 10.1. The van der Waals surface area contributed by atoms with Gasteiger partial charge in [0.1, 0.15) is 5.82 Å². The molecular formula is C16H21N3O. The second-order valence-corrected chi connectivity index (χ2v) is 5.64. The highest BCUT2D eigenvalue weighted by Crippen LogP contribution is 2.29. The molecule has 4 heteroatoms. The van der Waals surface area contributed by atoms with Crippen LogP contribution in [0.4, 0.5) is 0 Å². The Kier molecular flexibility index (Phi) is 3.47. The number of nitrogens with zero attached hydrogens (tertiary/aromatic N) is 3. The number of fused-ring (bicyclic) bond motifs is 1. The molecule has 2 heterocycles. The predicted octanol–water partition coefficient (Wildman–Crippen LogP) is 2.78. The molecule has 1 aromatic carbocycles. The molecule has 1 atom stereocenters. The smallest absolute Gasteiger partial charge is 0.223 e. The van der Waals surface area contributed by atoms with E-state index in [1.165, 1.54) is 5.52 Å². The number of likely N-dealkylation sites (N-methyl/N-ethyl adjacent to an activating group) is 1. The van der Waals surface area contributed by atoms with Crippen molar-refractivity contribution in [2.75, 3.05) is 13.6 Å². The zero-order valence-corrected chi connectivity index (χ0v) is 12.2. The molecule has 1 amide bonds. The van der Waals surface area contributed by atoms with E-state index in [9.17, 15) is 4.79 Å². The maximum Gasteiger partial charge on any atom is 0.223 e. The van der Waals surface area contributed by atoms with Gasteiger partial charge in [0.05, 0.1) is 11.0 Å². The highest BCUT2D eigenvalue weighted by atomic mass is 16.2. The van der Waals surface area contributed by atoms with Crippen molar-refractivity contribution in [3.05, 3.63) is 30.1 Å². The van der Waals surface area contributed by atoms with Crippen molar-refractivity contribution in [3.63, 3.8) is 0 Å². The molecule has 106 valence electrons. The number of hydrogen-bond acceptors (Lipinski definition) is 2. The van der Waals surface area contributed by atoms with E-state index >= 15 is 0 Å². The third-order valence-electron chi connectivity index (χ3n) is 4.13. The summed E-state index contributed by atoms with van der Waals surface area (Å²) in [6, 6.07) is 8.26. The summed E-state index contributed by atoms with van der Waals surface area (Å²) in [7, 11) is 1.88. The SMILES string of the molecule is CCCCn1c(C2CC(=O)N(C)C2)nc2ccccc21. The molecule has 0 aliphatic carbocycles. The molecule has 1 aliphatic heterocycles. The van der Waals surface area contributed by atoms with Crippen LogP contribution in [-0.2, 0) is 11.3 Å². The van der Waals surface area contributed by atoms with Gasteiger partial charge in [0.2, 0.25) is 5.91 Å². The topological polar surface area (TPSA) is 38.1 Å². The van der Waals surface area contributed by atoms with Crippen molar-refractivity contribution in [2.45, 2.75) is 38.6 Å². The molecule has 1 fully saturated rings. The van der Waals surface area contributed by atoms with Gasteiger partial charge in [-0.1, -0.05) is 25.5 Å². The van der Waals surface area contributed by atoms with Gasteiger partial charge >= 0.3 is 0 Å². The Balaban J connectivity index is 2.02. The molecular weight excluding hydrogens is 250 g/mol. The van der Waals surface area contributed by atoms with Crippen LogP contribution in [0.25, 0.3) is 11.0 Å². The average molecular weight is 271 g/mol. The number of carbonyl (C=O) groups excluding carboxylic acids is 1. The van der Waals surface area contributed by atoms with Gasteiger partial charge < -0.3 is 9.47 Å². The zero-order valence-electron chi connectivity index (χ0n) is 12.2. The van der Waals surface area contributed by atoms with Crippen molar-refractivity contribution in [1.29, 1.82) is 0 Å². The summed E-state index contributed by atoms with van der Waals surface area (Å²) in [5.41, 5.74) is 2.23. The lowest BCUT2D eigenvalue weighted by molar-refractivity contribution is -0.126. The van der Waals surface area contributed by atoms with Gasteiger partial charge in [-0.05, 0) is 18.6 Å². The number of hydrogen-bond donors (Lipinski definition) is 0. The minimum absolute atomic E-state index is 0.226. The van der Waals surface area contributed by atoms with E-state index in [1.54, 1.807) is 0 Å². The van der Waals surface area contributed by atoms with Gasteiger partial charge in [0.25, 0.3) is 0 Å². The fraction of sp³-hybridized carbons (Fsp3) is 0.500. The first-order chi connectivity index (χ1) is 9.70. The predicted molar refractivity (Wildman–Crippen MR) is 79.6 cm³/mol. The summed E-state index contributed by atoms with van der Waals surface area (Å²) in [5.74, 6) is 1.54. The van der Waals surface area contributed by atoms with E-state index < -0.39 is 0 Å². The van der Waals surface area contributed by atoms with Crippen LogP contribution in [0, 0.1) is 0 Å². The minimum atomic E-state index is 0.226. The molecule has 3 rings (SSSR count). The monoisotopic (exact) mass is 271 g/mol. The van der Waals surface area contributed by atoms with E-state index in [0.717, 1.165) is 37.3 Å². The second-order valence-electron chi connectivity index (χ2n) is 5.64. The molecule has 0 bridgehead atoms. The number of rotatable bonds is 4. The van der Waals surface area contributed by atoms with Crippen LogP contribution in [0.3, 0.4) is 0 Å². The van der Waals surface area contributed by atoms with Crippen LogP contribution in [0.15, 0.2) is 24.3 Å².